The molecule has 0 spiro atoms. The van der Waals surface area contributed by atoms with Gasteiger partial charge < -0.3 is 10.1 Å². The molecule has 1 saturated heterocycles. The highest BCUT2D eigenvalue weighted by molar-refractivity contribution is 7.90. The molecule has 0 aliphatic carbocycles. The first-order valence-corrected chi connectivity index (χ1v) is 12.7. The van der Waals surface area contributed by atoms with Crippen LogP contribution in [0.5, 0.6) is 5.75 Å². The van der Waals surface area contributed by atoms with Crippen LogP contribution < -0.4 is 10.1 Å². The molecule has 162 valence electrons. The number of amides is 1. The third-order valence-corrected chi connectivity index (χ3v) is 8.07. The lowest BCUT2D eigenvalue weighted by Crippen LogP contribution is -2.46. The van der Waals surface area contributed by atoms with Crippen molar-refractivity contribution in [2.24, 2.45) is 0 Å². The van der Waals surface area contributed by atoms with Crippen LogP contribution in [0.15, 0.2) is 58.3 Å². The fraction of sp³-hybridized carbons (Fsp3) is 0.350. The van der Waals surface area contributed by atoms with Gasteiger partial charge in [-0.2, -0.15) is 4.31 Å². The number of hydrogen-bond donors (Lipinski definition) is 1. The van der Waals surface area contributed by atoms with Crippen molar-refractivity contribution in [2.75, 3.05) is 26.5 Å². The van der Waals surface area contributed by atoms with Gasteiger partial charge in [0.15, 0.2) is 9.84 Å². The zero-order chi connectivity index (χ0) is 21.9. The van der Waals surface area contributed by atoms with E-state index in [2.05, 4.69) is 5.32 Å². The SMILES string of the molecule is COc1ccc(S(=O)(=O)N2CCC(NC(=O)c3ccc(S(C)(=O)=O)cc3)CC2)cc1. The first-order chi connectivity index (χ1) is 14.1. The Balaban J connectivity index is 1.59. The summed E-state index contributed by atoms with van der Waals surface area (Å²) in [5.41, 5.74) is 0.357. The van der Waals surface area contributed by atoms with E-state index in [1.54, 1.807) is 12.1 Å². The Labute approximate surface area is 176 Å². The van der Waals surface area contributed by atoms with Crippen LogP contribution in [0.25, 0.3) is 0 Å². The van der Waals surface area contributed by atoms with Crippen LogP contribution >= 0.6 is 0 Å². The maximum Gasteiger partial charge on any atom is 0.251 e. The molecule has 0 aromatic heterocycles. The Bertz CT molecular complexity index is 1100. The maximum absolute atomic E-state index is 12.8. The Kier molecular flexibility index (Phi) is 6.49. The van der Waals surface area contributed by atoms with Gasteiger partial charge in [-0.1, -0.05) is 0 Å². The summed E-state index contributed by atoms with van der Waals surface area (Å²) in [6, 6.07) is 11.8. The number of piperidine rings is 1. The number of ether oxygens (including phenoxy) is 1. The summed E-state index contributed by atoms with van der Waals surface area (Å²) >= 11 is 0. The molecule has 8 nitrogen and oxygen atoms in total. The van der Waals surface area contributed by atoms with E-state index >= 15 is 0 Å². The van der Waals surface area contributed by atoms with Gasteiger partial charge in [-0.3, -0.25) is 4.79 Å². The number of hydrogen-bond acceptors (Lipinski definition) is 6. The number of sulfonamides is 1. The van der Waals surface area contributed by atoms with Gasteiger partial charge in [0.1, 0.15) is 5.75 Å². The van der Waals surface area contributed by atoms with E-state index in [1.165, 1.54) is 47.8 Å². The van der Waals surface area contributed by atoms with E-state index in [1.807, 2.05) is 0 Å². The Morgan fingerprint density at radius 3 is 1.97 bits per heavy atom. The third kappa shape index (κ3) is 5.00. The van der Waals surface area contributed by atoms with Crippen LogP contribution in [0.2, 0.25) is 0 Å². The summed E-state index contributed by atoms with van der Waals surface area (Å²) in [6.07, 6.45) is 2.08. The van der Waals surface area contributed by atoms with Gasteiger partial charge in [0.2, 0.25) is 10.0 Å². The van der Waals surface area contributed by atoms with Crippen LogP contribution in [0.3, 0.4) is 0 Å². The average Bonchev–Trinajstić information content (AvgIpc) is 2.73. The minimum absolute atomic E-state index is 0.149. The van der Waals surface area contributed by atoms with Crippen LogP contribution in [-0.2, 0) is 19.9 Å². The molecular formula is C20H24N2O6S2. The second kappa shape index (κ2) is 8.75. The number of carbonyl (C=O) groups is 1. The molecule has 1 heterocycles. The van der Waals surface area contributed by atoms with Gasteiger partial charge >= 0.3 is 0 Å². The summed E-state index contributed by atoms with van der Waals surface area (Å²) in [5.74, 6) is 0.270. The second-order valence-corrected chi connectivity index (χ2v) is 11.1. The van der Waals surface area contributed by atoms with Gasteiger partial charge in [-0.25, -0.2) is 16.8 Å². The fourth-order valence-corrected chi connectivity index (χ4v) is 5.36. The van der Waals surface area contributed by atoms with Crippen LogP contribution in [0.1, 0.15) is 23.2 Å². The smallest absolute Gasteiger partial charge is 0.251 e. The molecule has 0 atom stereocenters. The van der Waals surface area contributed by atoms with Crippen LogP contribution in [-0.4, -0.2) is 59.5 Å². The Hall–Kier alpha value is -2.43. The number of carbonyl (C=O) groups excluding carboxylic acids is 1. The molecular weight excluding hydrogens is 428 g/mol. The molecule has 0 unspecified atom stereocenters. The molecule has 0 radical (unpaired) electrons. The van der Waals surface area contributed by atoms with Gasteiger partial charge in [-0.05, 0) is 61.4 Å². The highest BCUT2D eigenvalue weighted by Crippen LogP contribution is 2.23. The zero-order valence-electron chi connectivity index (χ0n) is 16.7. The molecule has 3 rings (SSSR count). The number of nitrogens with zero attached hydrogens (tertiary/aromatic N) is 1. The Morgan fingerprint density at radius 2 is 1.47 bits per heavy atom. The molecule has 10 heteroatoms. The molecule has 30 heavy (non-hydrogen) atoms. The molecule has 1 aliphatic rings. The fourth-order valence-electron chi connectivity index (χ4n) is 3.26. The predicted molar refractivity (Wildman–Crippen MR) is 112 cm³/mol. The highest BCUT2D eigenvalue weighted by Gasteiger charge is 2.30. The van der Waals surface area contributed by atoms with Gasteiger partial charge in [0, 0.05) is 31.0 Å². The lowest BCUT2D eigenvalue weighted by molar-refractivity contribution is 0.0923. The van der Waals surface area contributed by atoms with E-state index < -0.39 is 19.9 Å². The van der Waals surface area contributed by atoms with E-state index in [0.29, 0.717) is 37.2 Å². The van der Waals surface area contributed by atoms with Crippen molar-refractivity contribution in [1.82, 2.24) is 9.62 Å². The summed E-state index contributed by atoms with van der Waals surface area (Å²) < 4.78 is 55.1. The summed E-state index contributed by atoms with van der Waals surface area (Å²) in [7, 11) is -5.41. The van der Waals surface area contributed by atoms with Gasteiger partial charge in [-0.15, -0.1) is 0 Å². The standard InChI is InChI=1S/C20H24N2O6S2/c1-28-17-5-9-19(10-6-17)30(26,27)22-13-11-16(12-14-22)21-20(23)15-3-7-18(8-4-15)29(2,24)25/h3-10,16H,11-14H2,1-2H3,(H,21,23). The molecule has 1 N–H and O–H groups in total. The van der Waals surface area contributed by atoms with E-state index in [-0.39, 0.29) is 21.7 Å². The number of benzene rings is 2. The lowest BCUT2D eigenvalue weighted by Gasteiger charge is -2.31. The number of rotatable bonds is 6. The Morgan fingerprint density at radius 1 is 0.933 bits per heavy atom. The highest BCUT2D eigenvalue weighted by atomic mass is 32.2. The first kappa shape index (κ1) is 22.3. The lowest BCUT2D eigenvalue weighted by atomic mass is 10.1. The molecule has 2 aromatic carbocycles. The van der Waals surface area contributed by atoms with Crippen LogP contribution in [0.4, 0.5) is 0 Å². The van der Waals surface area contributed by atoms with E-state index in [9.17, 15) is 21.6 Å². The zero-order valence-corrected chi connectivity index (χ0v) is 18.4. The molecule has 1 aliphatic heterocycles. The summed E-state index contributed by atoms with van der Waals surface area (Å²) in [4.78, 5) is 12.8. The molecule has 0 bridgehead atoms. The molecule has 2 aromatic rings. The topological polar surface area (TPSA) is 110 Å². The quantitative estimate of drug-likeness (QED) is 0.714. The van der Waals surface area contributed by atoms with Crippen molar-refractivity contribution in [3.05, 3.63) is 54.1 Å². The van der Waals surface area contributed by atoms with Crippen molar-refractivity contribution in [2.45, 2.75) is 28.7 Å². The van der Waals surface area contributed by atoms with E-state index in [0.717, 1.165) is 6.26 Å². The minimum atomic E-state index is -3.60. The molecule has 1 fully saturated rings. The predicted octanol–water partition coefficient (Wildman–Crippen LogP) is 1.68. The minimum Gasteiger partial charge on any atom is -0.497 e. The summed E-state index contributed by atoms with van der Waals surface area (Å²) in [5, 5.41) is 2.89. The van der Waals surface area contributed by atoms with Crippen molar-refractivity contribution < 1.29 is 26.4 Å². The first-order valence-electron chi connectivity index (χ1n) is 9.36. The average molecular weight is 453 g/mol. The summed E-state index contributed by atoms with van der Waals surface area (Å²) in [6.45, 7) is 0.596. The monoisotopic (exact) mass is 452 g/mol. The molecule has 0 saturated carbocycles. The maximum atomic E-state index is 12.8. The number of sulfone groups is 1. The third-order valence-electron chi connectivity index (χ3n) is 5.03. The van der Waals surface area contributed by atoms with Gasteiger partial charge in [0.25, 0.3) is 5.91 Å². The van der Waals surface area contributed by atoms with Crippen molar-refractivity contribution in [3.63, 3.8) is 0 Å². The second-order valence-electron chi connectivity index (χ2n) is 7.12. The van der Waals surface area contributed by atoms with Crippen LogP contribution in [0, 0.1) is 0 Å². The largest absolute Gasteiger partial charge is 0.497 e. The van der Waals surface area contributed by atoms with Crippen molar-refractivity contribution in [1.29, 1.82) is 0 Å². The van der Waals surface area contributed by atoms with Crippen molar-refractivity contribution >= 4 is 25.8 Å². The van der Waals surface area contributed by atoms with Gasteiger partial charge in [0.05, 0.1) is 16.9 Å². The number of methoxy groups -OCH3 is 1. The van der Waals surface area contributed by atoms with Crippen molar-refractivity contribution in [3.8, 4) is 5.75 Å². The normalized spacial score (nSPS) is 16.2. The molecule has 1 amide bonds. The number of nitrogens with one attached hydrogen (secondary N) is 1. The van der Waals surface area contributed by atoms with E-state index in [4.69, 9.17) is 4.74 Å².